The highest BCUT2D eigenvalue weighted by atomic mass is 16.6. The van der Waals surface area contributed by atoms with Crippen LogP contribution in [0.5, 0.6) is 0 Å². The van der Waals surface area contributed by atoms with E-state index in [1.807, 2.05) is 22.2 Å². The van der Waals surface area contributed by atoms with Crippen molar-refractivity contribution in [2.24, 2.45) is 0 Å². The summed E-state index contributed by atoms with van der Waals surface area (Å²) in [5, 5.41) is 0. The van der Waals surface area contributed by atoms with Gasteiger partial charge in [-0.1, -0.05) is 110 Å². The van der Waals surface area contributed by atoms with E-state index in [1.54, 1.807) is 9.80 Å². The Balaban J connectivity index is 0.746. The highest BCUT2D eigenvalue weighted by Gasteiger charge is 2.43. The summed E-state index contributed by atoms with van der Waals surface area (Å²) in [6.07, 6.45) is 15.6. The highest BCUT2D eigenvalue weighted by Crippen LogP contribution is 2.38. The number of likely N-dealkylation sites (tertiary alicyclic amines) is 4. The minimum atomic E-state index is -0.523. The molecule has 380 valence electrons. The molecule has 4 amide bonds. The van der Waals surface area contributed by atoms with Crippen LogP contribution in [0.3, 0.4) is 0 Å². The first-order chi connectivity index (χ1) is 36.2. The van der Waals surface area contributed by atoms with Crippen LogP contribution < -0.4 is 0 Å². The van der Waals surface area contributed by atoms with Crippen LogP contribution in [0.2, 0.25) is 0 Å². The Bertz CT molecular complexity index is 2860. The number of benzene rings is 4. The number of aromatic nitrogens is 4. The minimum absolute atomic E-state index is 0.0408. The maximum atomic E-state index is 13.9. The molecular formula is C60H64N8O6. The monoisotopic (exact) mass is 992 g/mol. The molecule has 0 saturated carbocycles. The Kier molecular flexibility index (Phi) is 14.0. The number of aryl methyl sites for hydroxylation is 4. The van der Waals surface area contributed by atoms with Crippen molar-refractivity contribution in [3.8, 4) is 44.8 Å². The second-order valence-electron chi connectivity index (χ2n) is 20.3. The first-order valence-electron chi connectivity index (χ1n) is 26.5. The molecule has 4 atom stereocenters. The number of imidazole rings is 2. The molecule has 4 aliphatic carbocycles. The number of rotatable bonds is 12. The lowest BCUT2D eigenvalue weighted by Crippen LogP contribution is -2.47. The van der Waals surface area contributed by atoms with Crippen LogP contribution in [0.4, 0.5) is 9.59 Å². The largest absolute Gasteiger partial charge is 0.445 e. The highest BCUT2D eigenvalue weighted by molar-refractivity contribution is 5.88. The number of aromatic amines is 2. The van der Waals surface area contributed by atoms with Gasteiger partial charge in [-0.25, -0.2) is 19.6 Å². The van der Waals surface area contributed by atoms with Gasteiger partial charge in [0.15, 0.2) is 0 Å². The summed E-state index contributed by atoms with van der Waals surface area (Å²) in [6.45, 7) is 9.79. The van der Waals surface area contributed by atoms with Crippen molar-refractivity contribution in [3.63, 3.8) is 0 Å². The number of amides is 4. The molecule has 4 fully saturated rings. The molecule has 6 heterocycles. The smallest absolute Gasteiger partial charge is 0.410 e. The Labute approximate surface area is 432 Å². The van der Waals surface area contributed by atoms with Gasteiger partial charge < -0.3 is 29.2 Å². The summed E-state index contributed by atoms with van der Waals surface area (Å²) in [7, 11) is 0. The molecular weight excluding hydrogens is 929 g/mol. The van der Waals surface area contributed by atoms with Crippen molar-refractivity contribution in [2.75, 3.05) is 39.4 Å². The molecule has 2 aromatic heterocycles. The van der Waals surface area contributed by atoms with E-state index in [-0.39, 0.29) is 37.1 Å². The lowest BCUT2D eigenvalue weighted by molar-refractivity contribution is -0.137. The van der Waals surface area contributed by atoms with Crippen LogP contribution >= 0.6 is 0 Å². The SMILES string of the molecule is C=CCOC(=O)N1CCCC1C(=O)N1CCCC1c1ncc(-c2ccc(-c3cc4ccc3CCc3ccc(c(-c5ccc(-c6cnc(C7CCCN7C(=O)C7CCCN7C(=O)OCC=C)[nH]6)cc5)c3)CC4)cc2)[nH]1. The lowest BCUT2D eigenvalue weighted by atomic mass is 9.87. The van der Waals surface area contributed by atoms with Gasteiger partial charge in [0.2, 0.25) is 11.8 Å². The number of ether oxygens (including phenoxy) is 2. The van der Waals surface area contributed by atoms with Crippen LogP contribution in [0.15, 0.2) is 123 Å². The van der Waals surface area contributed by atoms with Crippen LogP contribution in [0.1, 0.15) is 97.4 Å². The predicted molar refractivity (Wildman–Crippen MR) is 284 cm³/mol. The fourth-order valence-corrected chi connectivity index (χ4v) is 12.0. The number of carbonyl (C=O) groups is 4. The van der Waals surface area contributed by atoms with Crippen molar-refractivity contribution in [1.29, 1.82) is 0 Å². The molecule has 14 nitrogen and oxygen atoms in total. The van der Waals surface area contributed by atoms with Crippen LogP contribution in [-0.2, 0) is 44.7 Å². The summed E-state index contributed by atoms with van der Waals surface area (Å²) in [5.41, 5.74) is 14.0. The first kappa shape index (κ1) is 48.5. The van der Waals surface area contributed by atoms with Crippen molar-refractivity contribution in [3.05, 3.63) is 157 Å². The number of H-pyrrole nitrogens is 2. The molecule has 4 unspecified atom stereocenters. The van der Waals surface area contributed by atoms with E-state index < -0.39 is 24.3 Å². The molecule has 6 aromatic rings. The third-order valence-electron chi connectivity index (χ3n) is 15.8. The summed E-state index contributed by atoms with van der Waals surface area (Å²) >= 11 is 0. The molecule has 4 aromatic carbocycles. The Morgan fingerprint density at radius 2 is 0.905 bits per heavy atom. The third kappa shape index (κ3) is 9.77. The average Bonchev–Trinajstić information content (AvgIpc) is 4.30. The van der Waals surface area contributed by atoms with Crippen LogP contribution in [0, 0.1) is 0 Å². The van der Waals surface area contributed by atoms with Gasteiger partial charge in [-0.15, -0.1) is 0 Å². The Hall–Kier alpha value is -7.74. The number of nitrogens with one attached hydrogen (secondary N) is 2. The van der Waals surface area contributed by atoms with Gasteiger partial charge in [-0.2, -0.15) is 0 Å². The molecule has 4 bridgehead atoms. The van der Waals surface area contributed by atoms with E-state index in [0.29, 0.717) is 39.0 Å². The molecule has 0 radical (unpaired) electrons. The predicted octanol–water partition coefficient (Wildman–Crippen LogP) is 10.6. The number of hydrogen-bond acceptors (Lipinski definition) is 8. The molecule has 4 saturated heterocycles. The number of nitrogens with zero attached hydrogens (tertiary/aromatic N) is 6. The molecule has 8 aliphatic rings. The molecule has 0 spiro atoms. The van der Waals surface area contributed by atoms with E-state index in [1.165, 1.54) is 56.7 Å². The molecule has 4 aliphatic heterocycles. The van der Waals surface area contributed by atoms with Crippen LogP contribution in [-0.4, -0.2) is 115 Å². The van der Waals surface area contributed by atoms with Crippen LogP contribution in [0.25, 0.3) is 44.8 Å². The van der Waals surface area contributed by atoms with Crippen molar-refractivity contribution in [1.82, 2.24) is 39.5 Å². The molecule has 2 N–H and O–H groups in total. The maximum absolute atomic E-state index is 13.9. The second-order valence-corrected chi connectivity index (χ2v) is 20.3. The van der Waals surface area contributed by atoms with E-state index in [9.17, 15) is 19.2 Å². The summed E-state index contributed by atoms with van der Waals surface area (Å²) in [4.78, 5) is 76.9. The average molecular weight is 993 g/mol. The van der Waals surface area contributed by atoms with Gasteiger partial charge in [-0.3, -0.25) is 19.4 Å². The normalized spacial score (nSPS) is 20.4. The Morgan fingerprint density at radius 3 is 1.32 bits per heavy atom. The van der Waals surface area contributed by atoms with E-state index in [0.717, 1.165) is 98.4 Å². The van der Waals surface area contributed by atoms with Gasteiger partial charge >= 0.3 is 12.2 Å². The van der Waals surface area contributed by atoms with Gasteiger partial charge in [0.05, 0.1) is 35.9 Å². The van der Waals surface area contributed by atoms with Crippen molar-refractivity contribution < 1.29 is 28.7 Å². The number of carbonyl (C=O) groups excluding carboxylic acids is 4. The quantitative estimate of drug-likeness (QED) is 0.115. The van der Waals surface area contributed by atoms with E-state index >= 15 is 0 Å². The summed E-state index contributed by atoms with van der Waals surface area (Å²) in [5.74, 6) is 1.45. The standard InChI is InChI=1S/C60H64N8O6/c1-3-33-73-59(71)67-31-7-11-53(67)57(69)65-29-5-9-51(65)55-61-37-49(63-55)45-25-21-43(22-26-45)47-35-39-13-17-41(47)19-15-40-14-18-42(20-16-39)48(36-40)44-23-27-46(28-24-44)50-38-62-56(64-50)52-10-6-30-66(52)58(70)54-12-8-32-68(54)60(72)74-34-4-2/h3-4,13-14,17-18,21-28,35-38,51-54H,1-2,5-12,15-16,19-20,29-34H2,(H,61,63)(H,62,64). The topological polar surface area (TPSA) is 157 Å². The third-order valence-corrected chi connectivity index (χ3v) is 15.8. The summed E-state index contributed by atoms with van der Waals surface area (Å²) < 4.78 is 10.6. The van der Waals surface area contributed by atoms with Gasteiger partial charge in [-0.05, 0) is 133 Å². The number of hydrogen-bond donors (Lipinski definition) is 2. The zero-order chi connectivity index (χ0) is 50.7. The first-order valence-corrected chi connectivity index (χ1v) is 26.5. The Morgan fingerprint density at radius 1 is 0.514 bits per heavy atom. The summed E-state index contributed by atoms with van der Waals surface area (Å²) in [6, 6.07) is 30.0. The fourth-order valence-electron chi connectivity index (χ4n) is 12.0. The van der Waals surface area contributed by atoms with E-state index in [4.69, 9.17) is 19.4 Å². The fraction of sp³-hybridized carbons (Fsp3) is 0.367. The maximum Gasteiger partial charge on any atom is 0.410 e. The molecule has 14 heteroatoms. The van der Waals surface area contributed by atoms with Crippen molar-refractivity contribution in [2.45, 2.75) is 101 Å². The van der Waals surface area contributed by atoms with Gasteiger partial charge in [0, 0.05) is 26.2 Å². The second kappa shape index (κ2) is 21.4. The zero-order valence-electron chi connectivity index (χ0n) is 42.0. The van der Waals surface area contributed by atoms with Gasteiger partial charge in [0.1, 0.15) is 36.9 Å². The lowest BCUT2D eigenvalue weighted by Gasteiger charge is -2.30. The molecule has 14 rings (SSSR count). The van der Waals surface area contributed by atoms with Gasteiger partial charge in [0.25, 0.3) is 0 Å². The zero-order valence-corrected chi connectivity index (χ0v) is 42.0. The van der Waals surface area contributed by atoms with E-state index in [2.05, 4.69) is 108 Å². The molecule has 74 heavy (non-hydrogen) atoms. The van der Waals surface area contributed by atoms with Crippen molar-refractivity contribution >= 4 is 24.0 Å². The minimum Gasteiger partial charge on any atom is -0.445 e.